The minimum Gasteiger partial charge on any atom is -0.391 e. The Morgan fingerprint density at radius 3 is 2.27 bits per heavy atom. The first-order chi connectivity index (χ1) is 16.0. The molecule has 170 valence electrons. The summed E-state index contributed by atoms with van der Waals surface area (Å²) in [7, 11) is 1.95. The number of hydrogen-bond donors (Lipinski definition) is 2. The molecule has 2 aliphatic carbocycles. The van der Waals surface area contributed by atoms with Crippen molar-refractivity contribution in [3.05, 3.63) is 70.6 Å². The van der Waals surface area contributed by atoms with Gasteiger partial charge in [0, 0.05) is 56.1 Å². The van der Waals surface area contributed by atoms with E-state index in [0.717, 1.165) is 17.5 Å². The van der Waals surface area contributed by atoms with Gasteiger partial charge in [0.15, 0.2) is 0 Å². The van der Waals surface area contributed by atoms with Gasteiger partial charge in [-0.1, -0.05) is 42.5 Å². The molecule has 1 saturated heterocycles. The molecular weight excluding hydrogens is 414 g/mol. The van der Waals surface area contributed by atoms with Gasteiger partial charge in [0.25, 0.3) is 11.8 Å². The van der Waals surface area contributed by atoms with Crippen molar-refractivity contribution >= 4 is 23.6 Å². The number of amides is 2. The molecule has 6 nitrogen and oxygen atoms in total. The van der Waals surface area contributed by atoms with Gasteiger partial charge in [-0.05, 0) is 47.4 Å². The molecule has 1 aliphatic heterocycles. The molecule has 3 aliphatic rings. The van der Waals surface area contributed by atoms with E-state index < -0.39 is 5.60 Å². The second kappa shape index (κ2) is 8.52. The molecule has 0 radical (unpaired) electrons. The van der Waals surface area contributed by atoms with Crippen molar-refractivity contribution in [2.75, 3.05) is 33.2 Å². The predicted octanol–water partition coefficient (Wildman–Crippen LogP) is 1.23. The molecule has 33 heavy (non-hydrogen) atoms. The van der Waals surface area contributed by atoms with Crippen LogP contribution in [0.4, 0.5) is 0 Å². The third kappa shape index (κ3) is 4.18. The van der Waals surface area contributed by atoms with E-state index in [4.69, 9.17) is 0 Å². The van der Waals surface area contributed by atoms with Gasteiger partial charge >= 0.3 is 0 Å². The van der Waals surface area contributed by atoms with Crippen molar-refractivity contribution in [3.63, 3.8) is 0 Å². The molecule has 1 saturated carbocycles. The average molecular weight is 444 g/mol. The summed E-state index contributed by atoms with van der Waals surface area (Å²) in [5, 5.41) is 15.8. The summed E-state index contributed by atoms with van der Waals surface area (Å²) >= 11 is 0. The molecule has 2 fully saturated rings. The minimum absolute atomic E-state index is 0.0211. The van der Waals surface area contributed by atoms with Crippen LogP contribution in [0.1, 0.15) is 29.6 Å². The SMILES string of the molecule is CNC1=c2cc(-c3ccc(C(=O)N4CCN(C(=O)C5(O)CC5)CC4)cc3)ccc2=CC=CC1. The Labute approximate surface area is 193 Å². The van der Waals surface area contributed by atoms with E-state index in [0.29, 0.717) is 44.6 Å². The van der Waals surface area contributed by atoms with Crippen molar-refractivity contribution < 1.29 is 14.7 Å². The van der Waals surface area contributed by atoms with Crippen molar-refractivity contribution in [1.82, 2.24) is 15.1 Å². The lowest BCUT2D eigenvalue weighted by atomic mass is 10.0. The van der Waals surface area contributed by atoms with E-state index in [2.05, 4.69) is 41.7 Å². The summed E-state index contributed by atoms with van der Waals surface area (Å²) in [6, 6.07) is 14.2. The number of nitrogens with one attached hydrogen (secondary N) is 1. The summed E-state index contributed by atoms with van der Waals surface area (Å²) in [5.41, 5.74) is 2.87. The molecule has 2 amide bonds. The maximum atomic E-state index is 13.0. The maximum absolute atomic E-state index is 13.0. The van der Waals surface area contributed by atoms with Crippen LogP contribution in [0.25, 0.3) is 22.9 Å². The first-order valence-electron chi connectivity index (χ1n) is 11.6. The van der Waals surface area contributed by atoms with Crippen LogP contribution in [0, 0.1) is 0 Å². The zero-order valence-corrected chi connectivity index (χ0v) is 18.9. The largest absolute Gasteiger partial charge is 0.391 e. The summed E-state index contributed by atoms with van der Waals surface area (Å²) in [6.45, 7) is 1.91. The number of hydrogen-bond acceptors (Lipinski definition) is 4. The molecule has 5 rings (SSSR count). The van der Waals surface area contributed by atoms with E-state index >= 15 is 0 Å². The van der Waals surface area contributed by atoms with Crippen LogP contribution in [-0.2, 0) is 4.79 Å². The number of carbonyl (C=O) groups excluding carboxylic acids is 2. The molecule has 2 N–H and O–H groups in total. The summed E-state index contributed by atoms with van der Waals surface area (Å²) < 4.78 is 0. The van der Waals surface area contributed by atoms with Crippen LogP contribution in [0.15, 0.2) is 54.6 Å². The number of aliphatic hydroxyl groups is 1. The topological polar surface area (TPSA) is 72.9 Å². The van der Waals surface area contributed by atoms with E-state index in [-0.39, 0.29) is 11.8 Å². The van der Waals surface area contributed by atoms with Crippen LogP contribution in [0.5, 0.6) is 0 Å². The number of fused-ring (bicyclic) bond motifs is 1. The van der Waals surface area contributed by atoms with E-state index in [1.54, 1.807) is 9.80 Å². The number of allylic oxidation sites excluding steroid dienone is 1. The normalized spacial score (nSPS) is 18.8. The third-order valence-corrected chi connectivity index (χ3v) is 6.86. The Morgan fingerprint density at radius 2 is 1.61 bits per heavy atom. The monoisotopic (exact) mass is 443 g/mol. The maximum Gasteiger partial charge on any atom is 0.254 e. The van der Waals surface area contributed by atoms with E-state index in [9.17, 15) is 14.7 Å². The molecular formula is C27H29N3O3. The smallest absolute Gasteiger partial charge is 0.254 e. The van der Waals surface area contributed by atoms with Gasteiger partial charge in [0.2, 0.25) is 0 Å². The number of benzene rings is 2. The Morgan fingerprint density at radius 1 is 0.939 bits per heavy atom. The first kappa shape index (κ1) is 21.5. The molecule has 0 spiro atoms. The van der Waals surface area contributed by atoms with Crippen LogP contribution in [0.2, 0.25) is 0 Å². The van der Waals surface area contributed by atoms with E-state index in [1.165, 1.54) is 16.1 Å². The minimum atomic E-state index is -1.14. The van der Waals surface area contributed by atoms with Gasteiger partial charge in [-0.2, -0.15) is 0 Å². The molecule has 6 heteroatoms. The van der Waals surface area contributed by atoms with Crippen LogP contribution < -0.4 is 15.8 Å². The van der Waals surface area contributed by atoms with Gasteiger partial charge in [0.1, 0.15) is 5.60 Å². The van der Waals surface area contributed by atoms with Crippen LogP contribution >= 0.6 is 0 Å². The zero-order valence-electron chi connectivity index (χ0n) is 18.9. The molecule has 0 bridgehead atoms. The van der Waals surface area contributed by atoms with Gasteiger partial charge in [-0.25, -0.2) is 0 Å². The van der Waals surface area contributed by atoms with Crippen molar-refractivity contribution in [2.24, 2.45) is 0 Å². The Balaban J connectivity index is 1.30. The third-order valence-electron chi connectivity index (χ3n) is 6.86. The van der Waals surface area contributed by atoms with Crippen LogP contribution in [0.3, 0.4) is 0 Å². The highest BCUT2D eigenvalue weighted by Crippen LogP contribution is 2.37. The van der Waals surface area contributed by atoms with Crippen molar-refractivity contribution in [2.45, 2.75) is 24.9 Å². The Hall–Kier alpha value is -3.38. The highest BCUT2D eigenvalue weighted by Gasteiger charge is 2.50. The standard InChI is InChI=1S/C27H29N3O3/c1-28-24-5-3-2-4-20-8-11-22(18-23(20)24)19-6-9-21(10-7-19)25(31)29-14-16-30(17-15-29)26(32)27(33)12-13-27/h2-4,6-11,18,28,33H,5,12-17H2,1H3. The second-order valence-electron chi connectivity index (χ2n) is 9.02. The van der Waals surface area contributed by atoms with E-state index in [1.807, 2.05) is 31.3 Å². The summed E-state index contributed by atoms with van der Waals surface area (Å²) in [5.74, 6) is -0.209. The summed E-state index contributed by atoms with van der Waals surface area (Å²) in [4.78, 5) is 28.8. The highest BCUT2D eigenvalue weighted by molar-refractivity contribution is 5.95. The number of carbonyl (C=O) groups is 2. The van der Waals surface area contributed by atoms with Crippen LogP contribution in [-0.4, -0.2) is 65.5 Å². The fourth-order valence-electron chi connectivity index (χ4n) is 4.57. The number of nitrogens with zero attached hydrogens (tertiary/aromatic N) is 2. The fourth-order valence-corrected chi connectivity index (χ4v) is 4.57. The Kier molecular flexibility index (Phi) is 5.54. The van der Waals surface area contributed by atoms with Gasteiger partial charge in [-0.15, -0.1) is 0 Å². The molecule has 1 heterocycles. The first-order valence-corrected chi connectivity index (χ1v) is 11.6. The number of piperazine rings is 1. The molecule has 2 aromatic carbocycles. The lowest BCUT2D eigenvalue weighted by molar-refractivity contribution is -0.143. The quantitative estimate of drug-likeness (QED) is 0.746. The molecule has 0 unspecified atom stereocenters. The Bertz CT molecular complexity index is 1230. The average Bonchev–Trinajstić information content (AvgIpc) is 3.65. The highest BCUT2D eigenvalue weighted by atomic mass is 16.3. The predicted molar refractivity (Wildman–Crippen MR) is 128 cm³/mol. The van der Waals surface area contributed by atoms with Gasteiger partial charge in [-0.3, -0.25) is 9.59 Å². The lowest BCUT2D eigenvalue weighted by Gasteiger charge is -2.35. The lowest BCUT2D eigenvalue weighted by Crippen LogP contribution is -2.53. The fraction of sp³-hybridized carbons (Fsp3) is 0.333. The summed E-state index contributed by atoms with van der Waals surface area (Å²) in [6.07, 6.45) is 8.33. The molecule has 0 atom stereocenters. The van der Waals surface area contributed by atoms with Crippen molar-refractivity contribution in [3.8, 4) is 11.1 Å². The van der Waals surface area contributed by atoms with Gasteiger partial charge in [0.05, 0.1) is 0 Å². The van der Waals surface area contributed by atoms with Crippen molar-refractivity contribution in [1.29, 1.82) is 0 Å². The second-order valence-corrected chi connectivity index (χ2v) is 9.02. The molecule has 2 aromatic rings. The number of rotatable bonds is 4. The molecule has 0 aromatic heterocycles. The van der Waals surface area contributed by atoms with Gasteiger partial charge < -0.3 is 20.2 Å². The zero-order chi connectivity index (χ0) is 23.0.